The van der Waals surface area contributed by atoms with E-state index in [1.807, 2.05) is 0 Å². The fourth-order valence-electron chi connectivity index (χ4n) is 0.964. The Hall–Kier alpha value is 6.20. The molecule has 0 saturated heterocycles. The highest BCUT2D eigenvalue weighted by molar-refractivity contribution is 9.42. The third-order valence-corrected chi connectivity index (χ3v) is 20.6. The first-order chi connectivity index (χ1) is 8.25. The Morgan fingerprint density at radius 3 is 0.900 bits per heavy atom. The van der Waals surface area contributed by atoms with Crippen molar-refractivity contribution in [1.29, 1.82) is 0 Å². The molecule has 0 heterocycles. The maximum Gasteiger partial charge on any atom is 0.174 e. The summed E-state index contributed by atoms with van der Waals surface area (Å²) in [5.74, 6) is 0. The van der Waals surface area contributed by atoms with Crippen LogP contribution in [0.1, 0.15) is 0 Å². The highest BCUT2D eigenvalue weighted by Gasteiger charge is 2.76. The van der Waals surface area contributed by atoms with Crippen LogP contribution < -0.4 is 0 Å². The summed E-state index contributed by atoms with van der Waals surface area (Å²) in [5, 5.41) is 11.1. The van der Waals surface area contributed by atoms with Gasteiger partial charge < -0.3 is 5.11 Å². The summed E-state index contributed by atoms with van der Waals surface area (Å²) >= 11 is 44.9. The zero-order valence-corrected chi connectivity index (χ0v) is 29.0. The largest absolute Gasteiger partial charge is 0.374 e. The molecule has 0 aliphatic heterocycles. The predicted octanol–water partition coefficient (Wildman–Crippen LogP) is 9.21. The third kappa shape index (κ3) is 4.97. The van der Waals surface area contributed by atoms with Crippen molar-refractivity contribution in [2.45, 2.75) is 18.5 Å². The van der Waals surface area contributed by atoms with Gasteiger partial charge in [-0.3, -0.25) is 0 Å². The number of hydrogen-bond acceptors (Lipinski definition) is 1. The summed E-state index contributed by atoms with van der Waals surface area (Å²) in [6.07, 6.45) is 0. The van der Waals surface area contributed by atoms with Gasteiger partial charge in [-0.25, -0.2) is 0 Å². The van der Waals surface area contributed by atoms with Crippen LogP contribution in [-0.4, -0.2) is 23.6 Å². The average molecular weight is 1130 g/mol. The van der Waals surface area contributed by atoms with Gasteiger partial charge in [-0.1, -0.05) is 191 Å². The summed E-state index contributed by atoms with van der Waals surface area (Å²) in [5.41, 5.74) is 0. The first kappa shape index (κ1) is 26.2. The molecule has 0 saturated carbocycles. The van der Waals surface area contributed by atoms with Crippen LogP contribution in [0.15, 0.2) is 0 Å². The molecule has 2 unspecified atom stereocenters. The lowest BCUT2D eigenvalue weighted by Crippen LogP contribution is -2.70. The van der Waals surface area contributed by atoms with Crippen molar-refractivity contribution in [2.75, 3.05) is 0 Å². The summed E-state index contributed by atoms with van der Waals surface area (Å²) in [4.78, 5) is 0. The molecule has 0 rings (SSSR count). The summed E-state index contributed by atoms with van der Waals surface area (Å²) in [6.45, 7) is 0. The van der Waals surface area contributed by atoms with Gasteiger partial charge in [0.15, 0.2) is 10.9 Å². The Labute approximate surface area is 226 Å². The van der Waals surface area contributed by atoms with Crippen LogP contribution in [0.3, 0.4) is 0 Å². The molecule has 0 radical (unpaired) electrons. The van der Waals surface area contributed by atoms with E-state index in [-0.39, 0.29) is 0 Å². The predicted molar refractivity (Wildman–Crippen MR) is 135 cm³/mol. The molecule has 0 aromatic carbocycles. The molecule has 1 N–H and O–H groups in total. The number of rotatable bonds is 2. The molecule has 0 bridgehead atoms. The highest BCUT2D eigenvalue weighted by atomic mass is 80.0. The van der Waals surface area contributed by atoms with E-state index < -0.39 is 18.5 Å². The molecule has 0 aromatic rings. The van der Waals surface area contributed by atoms with E-state index in [2.05, 4.69) is 207 Å². The molecule has 0 spiro atoms. The van der Waals surface area contributed by atoms with Crippen molar-refractivity contribution in [3.8, 4) is 0 Å². The van der Waals surface area contributed by atoms with Crippen LogP contribution in [0.4, 0.5) is 0 Å². The topological polar surface area (TPSA) is 20.2 Å². The molecular formula is C6HBr13O. The summed E-state index contributed by atoms with van der Waals surface area (Å²) in [6, 6.07) is 0. The van der Waals surface area contributed by atoms with Gasteiger partial charge >= 0.3 is 0 Å². The monoisotopic (exact) mass is 1110 g/mol. The van der Waals surface area contributed by atoms with Gasteiger partial charge in [0, 0.05) is 0 Å². The van der Waals surface area contributed by atoms with Crippen LogP contribution in [0.5, 0.6) is 0 Å². The van der Waals surface area contributed by atoms with Gasteiger partial charge in [-0.15, -0.1) is 0 Å². The van der Waals surface area contributed by atoms with Gasteiger partial charge in [-0.05, 0) is 15.9 Å². The molecule has 0 aliphatic carbocycles. The Morgan fingerprint density at radius 1 is 0.450 bits per heavy atom. The Morgan fingerprint density at radius 2 is 0.750 bits per heavy atom. The van der Waals surface area contributed by atoms with E-state index in [4.69, 9.17) is 0 Å². The molecule has 14 heteroatoms. The van der Waals surface area contributed by atoms with Gasteiger partial charge in [0.1, 0.15) is 7.56 Å². The van der Waals surface area contributed by atoms with Crippen LogP contribution in [-0.2, 0) is 0 Å². The Balaban J connectivity index is 6.50. The molecule has 0 aliphatic rings. The number of hydrogen-bond donors (Lipinski definition) is 1. The lowest BCUT2D eigenvalue weighted by molar-refractivity contribution is 0.118. The fraction of sp³-hybridized carbons (Fsp3) is 1.00. The lowest BCUT2D eigenvalue weighted by atomic mass is 10.0. The smallest absolute Gasteiger partial charge is 0.174 e. The highest BCUT2D eigenvalue weighted by Crippen LogP contribution is 2.74. The molecular weight excluding hydrogens is 1130 g/mol. The normalized spacial score (nSPS) is 21.3. The minimum Gasteiger partial charge on any atom is -0.374 e. The van der Waals surface area contributed by atoms with Crippen molar-refractivity contribution in [3.05, 3.63) is 0 Å². The fourth-order valence-corrected chi connectivity index (χ4v) is 11.4. The summed E-state index contributed by atoms with van der Waals surface area (Å²) < 4.78 is -6.79. The van der Waals surface area contributed by atoms with Gasteiger partial charge in [0.25, 0.3) is 0 Å². The molecule has 0 fully saturated rings. The zero-order valence-electron chi connectivity index (χ0n) is 8.36. The van der Waals surface area contributed by atoms with E-state index in [0.717, 1.165) is 0 Å². The minimum absolute atomic E-state index is 0.857. The SMILES string of the molecule is OC(Br)(C(Br)(Br)Br)C(Br)(C(Br)(Br)Br)C(Br)(Br)C(Br)(Br)Br. The Bertz CT molecular complexity index is 331. The van der Waals surface area contributed by atoms with Crippen LogP contribution in [0.2, 0.25) is 0 Å². The molecule has 0 aromatic heterocycles. The van der Waals surface area contributed by atoms with Crippen LogP contribution in [0.25, 0.3) is 0 Å². The number of alkyl halides is 13. The first-order valence-corrected chi connectivity index (χ1v) is 14.2. The van der Waals surface area contributed by atoms with Crippen LogP contribution in [0, 0.1) is 0 Å². The van der Waals surface area contributed by atoms with Crippen molar-refractivity contribution >= 4 is 207 Å². The van der Waals surface area contributed by atoms with E-state index in [1.165, 1.54) is 0 Å². The second-order valence-corrected chi connectivity index (χ2v) is 29.4. The van der Waals surface area contributed by atoms with E-state index in [9.17, 15) is 5.11 Å². The third-order valence-electron chi connectivity index (χ3n) is 2.01. The number of aliphatic hydroxyl groups is 1. The second kappa shape index (κ2) is 8.29. The quantitative estimate of drug-likeness (QED) is 0.274. The zero-order chi connectivity index (χ0) is 17.0. The lowest BCUT2D eigenvalue weighted by Gasteiger charge is -2.56. The maximum absolute atomic E-state index is 11.1. The molecule has 1 nitrogen and oxygen atoms in total. The Kier molecular flexibility index (Phi) is 10.9. The van der Waals surface area contributed by atoms with E-state index in [1.54, 1.807) is 0 Å². The van der Waals surface area contributed by atoms with Gasteiger partial charge in [0.2, 0.25) is 0 Å². The minimum atomic E-state index is -1.63. The molecule has 0 amide bonds. The van der Waals surface area contributed by atoms with Crippen LogP contribution >= 0.6 is 207 Å². The van der Waals surface area contributed by atoms with Gasteiger partial charge in [-0.2, -0.15) is 0 Å². The van der Waals surface area contributed by atoms with Gasteiger partial charge in [0.05, 0.1) is 0 Å². The van der Waals surface area contributed by atoms with Crippen molar-refractivity contribution in [1.82, 2.24) is 0 Å². The van der Waals surface area contributed by atoms with E-state index >= 15 is 0 Å². The van der Waals surface area contributed by atoms with E-state index in [0.29, 0.717) is 0 Å². The summed E-state index contributed by atoms with van der Waals surface area (Å²) in [7, 11) is 0. The van der Waals surface area contributed by atoms with Crippen molar-refractivity contribution in [2.24, 2.45) is 0 Å². The molecule has 122 valence electrons. The molecule has 20 heavy (non-hydrogen) atoms. The molecule has 2 atom stereocenters. The standard InChI is InChI=1S/C6HBr13O/c7-1(4(11,12)13,2(8,9)5(14,15)16)3(10,20)6(17,18)19/h20H. The van der Waals surface area contributed by atoms with Crippen molar-refractivity contribution < 1.29 is 5.11 Å². The first-order valence-electron chi connectivity index (χ1n) is 3.93. The van der Waals surface area contributed by atoms with Crippen molar-refractivity contribution in [3.63, 3.8) is 0 Å². The average Bonchev–Trinajstić information content (AvgIpc) is 2.10. The number of halogens is 13. The maximum atomic E-state index is 11.1. The second-order valence-electron chi connectivity index (χ2n) is 3.35.